The molecule has 0 unspecified atom stereocenters. The number of halogens is 2. The van der Waals surface area contributed by atoms with Gasteiger partial charge in [-0.1, -0.05) is 23.2 Å². The summed E-state index contributed by atoms with van der Waals surface area (Å²) in [5.74, 6) is -1.14. The minimum Gasteiger partial charge on any atom is -0.480 e. The monoisotopic (exact) mass is 359 g/mol. The molecule has 2 atom stereocenters. The summed E-state index contributed by atoms with van der Waals surface area (Å²) in [6.07, 6.45) is 2.02. The van der Waals surface area contributed by atoms with Gasteiger partial charge >= 0.3 is 5.97 Å². The molecule has 1 aromatic rings. The van der Waals surface area contributed by atoms with E-state index < -0.39 is 18.1 Å². The Morgan fingerprint density at radius 3 is 2.74 bits per heavy atom. The molecule has 0 fully saturated rings. The van der Waals surface area contributed by atoms with E-state index in [0.29, 0.717) is 40.7 Å². The summed E-state index contributed by atoms with van der Waals surface area (Å²) in [7, 11) is 0. The van der Waals surface area contributed by atoms with Crippen molar-refractivity contribution >= 4 is 40.8 Å². The van der Waals surface area contributed by atoms with Crippen LogP contribution < -0.4 is 16.4 Å². The third-order valence-corrected chi connectivity index (χ3v) is 4.27. The van der Waals surface area contributed by atoms with Gasteiger partial charge in [0, 0.05) is 34.1 Å². The molecule has 1 aromatic carbocycles. The van der Waals surface area contributed by atoms with Crippen molar-refractivity contribution in [1.82, 2.24) is 5.32 Å². The second kappa shape index (κ2) is 7.86. The number of hydrogen-bond acceptors (Lipinski definition) is 4. The molecular formula is C15H19Cl2N3O3. The zero-order chi connectivity index (χ0) is 17.0. The maximum Gasteiger partial charge on any atom is 0.326 e. The van der Waals surface area contributed by atoms with Crippen molar-refractivity contribution in [3.05, 3.63) is 27.7 Å². The highest BCUT2D eigenvalue weighted by molar-refractivity contribution is 6.35. The topological polar surface area (TPSA) is 104 Å². The third-order valence-electron chi connectivity index (χ3n) is 3.74. The quantitative estimate of drug-likeness (QED) is 0.584. The number of nitrogens with one attached hydrogen (secondary N) is 2. The Morgan fingerprint density at radius 2 is 2.09 bits per heavy atom. The summed E-state index contributed by atoms with van der Waals surface area (Å²) in [4.78, 5) is 23.4. The van der Waals surface area contributed by atoms with Gasteiger partial charge < -0.3 is 21.5 Å². The van der Waals surface area contributed by atoms with Crippen LogP contribution in [0.5, 0.6) is 0 Å². The predicted molar refractivity (Wildman–Crippen MR) is 89.9 cm³/mol. The second-order valence-electron chi connectivity index (χ2n) is 5.49. The number of anilines is 1. The van der Waals surface area contributed by atoms with Crippen LogP contribution in [0.1, 0.15) is 37.3 Å². The summed E-state index contributed by atoms with van der Waals surface area (Å²) in [5, 5.41) is 15.8. The van der Waals surface area contributed by atoms with Crippen molar-refractivity contribution in [1.29, 1.82) is 0 Å². The van der Waals surface area contributed by atoms with Crippen LogP contribution in [0.25, 0.3) is 0 Å². The minimum atomic E-state index is -0.992. The fourth-order valence-corrected chi connectivity index (χ4v) is 3.27. The van der Waals surface area contributed by atoms with Crippen molar-refractivity contribution in [2.45, 2.75) is 37.8 Å². The Bertz CT molecular complexity index is 610. The number of carbonyl (C=O) groups is 2. The zero-order valence-corrected chi connectivity index (χ0v) is 14.0. The van der Waals surface area contributed by atoms with Crippen LogP contribution in [-0.4, -0.2) is 29.6 Å². The number of carboxylic acids is 1. The van der Waals surface area contributed by atoms with Gasteiger partial charge in [0.1, 0.15) is 6.04 Å². The number of carboxylic acid groups (broad SMARTS) is 1. The molecule has 0 spiro atoms. The molecule has 5 N–H and O–H groups in total. The Morgan fingerprint density at radius 1 is 1.35 bits per heavy atom. The molecule has 1 amide bonds. The van der Waals surface area contributed by atoms with Crippen LogP contribution in [0.15, 0.2) is 12.1 Å². The highest BCUT2D eigenvalue weighted by Gasteiger charge is 2.33. The lowest BCUT2D eigenvalue weighted by Gasteiger charge is -2.32. The van der Waals surface area contributed by atoms with Gasteiger partial charge in [-0.2, -0.15) is 0 Å². The average molecular weight is 360 g/mol. The van der Waals surface area contributed by atoms with Crippen molar-refractivity contribution in [3.63, 3.8) is 0 Å². The first kappa shape index (κ1) is 17.8. The summed E-state index contributed by atoms with van der Waals surface area (Å²) < 4.78 is 0. The van der Waals surface area contributed by atoms with Crippen molar-refractivity contribution in [3.8, 4) is 0 Å². The largest absolute Gasteiger partial charge is 0.480 e. The number of unbranched alkanes of at least 4 members (excludes halogenated alkanes) is 1. The number of rotatable bonds is 6. The van der Waals surface area contributed by atoms with Crippen molar-refractivity contribution < 1.29 is 14.7 Å². The normalized spacial score (nSPS) is 19.6. The molecule has 23 heavy (non-hydrogen) atoms. The SMILES string of the molecule is NCCCCC(=O)N[C@H]1C[C@H](C(=O)O)Nc2cc(Cl)cc(Cl)c21. The van der Waals surface area contributed by atoms with Crippen LogP contribution in [0, 0.1) is 0 Å². The first-order chi connectivity index (χ1) is 10.9. The number of hydrogen-bond donors (Lipinski definition) is 4. The summed E-state index contributed by atoms with van der Waals surface area (Å²) in [5.41, 5.74) is 6.62. The van der Waals surface area contributed by atoms with Gasteiger partial charge in [-0.3, -0.25) is 4.79 Å². The van der Waals surface area contributed by atoms with E-state index in [1.165, 1.54) is 0 Å². The molecule has 0 bridgehead atoms. The number of nitrogens with two attached hydrogens (primary N) is 1. The lowest BCUT2D eigenvalue weighted by atomic mass is 9.92. The zero-order valence-electron chi connectivity index (χ0n) is 12.4. The molecule has 1 aliphatic rings. The summed E-state index contributed by atoms with van der Waals surface area (Å²) >= 11 is 12.2. The molecule has 126 valence electrons. The van der Waals surface area contributed by atoms with E-state index >= 15 is 0 Å². The molecular weight excluding hydrogens is 341 g/mol. The van der Waals surface area contributed by atoms with Crippen LogP contribution in [-0.2, 0) is 9.59 Å². The number of amides is 1. The molecule has 0 saturated carbocycles. The first-order valence-corrected chi connectivity index (χ1v) is 8.15. The van der Waals surface area contributed by atoms with Gasteiger partial charge in [0.15, 0.2) is 0 Å². The van der Waals surface area contributed by atoms with E-state index in [1.54, 1.807) is 12.1 Å². The number of carbonyl (C=O) groups excluding carboxylic acids is 1. The molecule has 0 radical (unpaired) electrons. The van der Waals surface area contributed by atoms with E-state index in [4.69, 9.17) is 28.9 Å². The lowest BCUT2D eigenvalue weighted by Crippen LogP contribution is -2.41. The van der Waals surface area contributed by atoms with Gasteiger partial charge in [-0.15, -0.1) is 0 Å². The smallest absolute Gasteiger partial charge is 0.326 e. The van der Waals surface area contributed by atoms with Crippen LogP contribution in [0.2, 0.25) is 10.0 Å². The van der Waals surface area contributed by atoms with Crippen LogP contribution in [0.3, 0.4) is 0 Å². The molecule has 8 heteroatoms. The van der Waals surface area contributed by atoms with Gasteiger partial charge in [-0.05, 0) is 31.5 Å². The molecule has 6 nitrogen and oxygen atoms in total. The highest BCUT2D eigenvalue weighted by atomic mass is 35.5. The van der Waals surface area contributed by atoms with Gasteiger partial charge in [-0.25, -0.2) is 4.79 Å². The fraction of sp³-hybridized carbons (Fsp3) is 0.467. The predicted octanol–water partition coefficient (Wildman–Crippen LogP) is 2.55. The van der Waals surface area contributed by atoms with E-state index in [-0.39, 0.29) is 12.3 Å². The van der Waals surface area contributed by atoms with Gasteiger partial charge in [0.2, 0.25) is 5.91 Å². The number of benzene rings is 1. The van der Waals surface area contributed by atoms with E-state index in [0.717, 1.165) is 6.42 Å². The van der Waals surface area contributed by atoms with Crippen LogP contribution in [0.4, 0.5) is 5.69 Å². The molecule has 0 aromatic heterocycles. The summed E-state index contributed by atoms with van der Waals surface area (Å²) in [6.45, 7) is 0.537. The molecule has 1 aliphatic heterocycles. The number of aliphatic carboxylic acids is 1. The Hall–Kier alpha value is -1.50. The van der Waals surface area contributed by atoms with E-state index in [2.05, 4.69) is 10.6 Å². The highest BCUT2D eigenvalue weighted by Crippen LogP contribution is 2.39. The fourth-order valence-electron chi connectivity index (χ4n) is 2.65. The molecule has 2 rings (SSSR count). The van der Waals surface area contributed by atoms with E-state index in [1.807, 2.05) is 0 Å². The summed E-state index contributed by atoms with van der Waals surface area (Å²) in [6, 6.07) is 1.91. The minimum absolute atomic E-state index is 0.147. The lowest BCUT2D eigenvalue weighted by molar-refractivity contribution is -0.138. The van der Waals surface area contributed by atoms with Gasteiger partial charge in [0.25, 0.3) is 0 Å². The third kappa shape index (κ3) is 4.50. The van der Waals surface area contributed by atoms with Crippen molar-refractivity contribution in [2.75, 3.05) is 11.9 Å². The average Bonchev–Trinajstić information content (AvgIpc) is 2.46. The Balaban J connectivity index is 2.21. The van der Waals surface area contributed by atoms with Crippen LogP contribution >= 0.6 is 23.2 Å². The first-order valence-electron chi connectivity index (χ1n) is 7.40. The number of fused-ring (bicyclic) bond motifs is 1. The molecule has 0 aliphatic carbocycles. The Kier molecular flexibility index (Phi) is 6.10. The maximum atomic E-state index is 12.1. The molecule has 1 heterocycles. The van der Waals surface area contributed by atoms with E-state index in [9.17, 15) is 14.7 Å². The van der Waals surface area contributed by atoms with Crippen molar-refractivity contribution in [2.24, 2.45) is 5.73 Å². The second-order valence-corrected chi connectivity index (χ2v) is 6.33. The Labute approximate surface area is 144 Å². The standard InChI is InChI=1S/C15H19Cl2N3O3/c16-8-5-9(17)14-10(6-8)19-12(15(22)23)7-11(14)20-13(21)3-1-2-4-18/h5-6,11-12,19H,1-4,7,18H2,(H,20,21)(H,22,23)/t11-,12+/m0/s1. The maximum absolute atomic E-state index is 12.1. The van der Waals surface area contributed by atoms with Gasteiger partial charge in [0.05, 0.1) is 6.04 Å². The molecule has 0 saturated heterocycles.